The maximum Gasteiger partial charge on any atom is 0.265 e. The van der Waals surface area contributed by atoms with Crippen LogP contribution in [0.2, 0.25) is 0 Å². The van der Waals surface area contributed by atoms with Gasteiger partial charge >= 0.3 is 0 Å². The Morgan fingerprint density at radius 2 is 1.89 bits per heavy atom. The van der Waals surface area contributed by atoms with Crippen LogP contribution in [-0.2, 0) is 19.1 Å². The second kappa shape index (κ2) is 6.41. The maximum absolute atomic E-state index is 12.5. The fraction of sp³-hybridized carbons (Fsp3) is 0.864. The Labute approximate surface area is 164 Å². The average molecular weight is 395 g/mol. The summed E-state index contributed by atoms with van der Waals surface area (Å²) in [6.45, 7) is 7.14. The van der Waals surface area contributed by atoms with Crippen LogP contribution in [0.15, 0.2) is 11.6 Å². The summed E-state index contributed by atoms with van der Waals surface area (Å²) in [5, 5.41) is 0. The molecule has 4 rings (SSSR count). The number of allylic oxidation sites excluding steroid dienone is 1. The number of ketones is 1. The van der Waals surface area contributed by atoms with Crippen molar-refractivity contribution in [2.24, 2.45) is 34.5 Å². The fourth-order valence-corrected chi connectivity index (χ4v) is 8.25. The smallest absolute Gasteiger partial charge is 0.265 e. The summed E-state index contributed by atoms with van der Waals surface area (Å²) in [5.74, 6) is 2.72. The van der Waals surface area contributed by atoms with Crippen LogP contribution in [0.5, 0.6) is 0 Å². The molecule has 1 unspecified atom stereocenters. The summed E-state index contributed by atoms with van der Waals surface area (Å²) in [5.41, 5.74) is 1.62. The minimum absolute atomic E-state index is 0.0994. The molecule has 4 aliphatic carbocycles. The molecule has 27 heavy (non-hydrogen) atoms. The number of hydrogen-bond donors (Lipinski definition) is 0. The van der Waals surface area contributed by atoms with E-state index in [9.17, 15) is 13.2 Å². The van der Waals surface area contributed by atoms with Crippen LogP contribution >= 0.6 is 0 Å². The molecule has 0 amide bonds. The fourth-order valence-electron chi connectivity index (χ4n) is 7.67. The van der Waals surface area contributed by atoms with E-state index < -0.39 is 16.2 Å². The minimum Gasteiger partial charge on any atom is -0.292 e. The van der Waals surface area contributed by atoms with Gasteiger partial charge in [-0.05, 0) is 85.5 Å². The summed E-state index contributed by atoms with van der Waals surface area (Å²) in [6.07, 6.45) is 11.1. The Balaban J connectivity index is 1.64. The van der Waals surface area contributed by atoms with Crippen LogP contribution in [0.25, 0.3) is 0 Å². The van der Waals surface area contributed by atoms with Gasteiger partial charge in [0.2, 0.25) is 0 Å². The van der Waals surface area contributed by atoms with Gasteiger partial charge in [0, 0.05) is 0 Å². The van der Waals surface area contributed by atoms with Crippen LogP contribution in [0.4, 0.5) is 0 Å². The molecule has 7 atom stereocenters. The zero-order chi connectivity index (χ0) is 19.6. The highest BCUT2D eigenvalue weighted by atomic mass is 32.2. The van der Waals surface area contributed by atoms with Crippen molar-refractivity contribution in [3.63, 3.8) is 0 Å². The summed E-state index contributed by atoms with van der Waals surface area (Å²) in [4.78, 5) is 12.5. The maximum atomic E-state index is 12.5. The molecule has 0 bridgehead atoms. The predicted octanol–water partition coefficient (Wildman–Crippen LogP) is 4.50. The van der Waals surface area contributed by atoms with E-state index in [2.05, 4.69) is 20.8 Å². The molecule has 0 N–H and O–H groups in total. The molecular formula is C22H34O4S. The first-order chi connectivity index (χ1) is 12.6. The topological polar surface area (TPSA) is 60.4 Å². The molecule has 5 heteroatoms. The average Bonchev–Trinajstić information content (AvgIpc) is 2.91. The van der Waals surface area contributed by atoms with Gasteiger partial charge in [-0.3, -0.25) is 8.98 Å². The first-order valence-corrected chi connectivity index (χ1v) is 12.5. The second-order valence-corrected chi connectivity index (χ2v) is 11.7. The van der Waals surface area contributed by atoms with Crippen molar-refractivity contribution >= 4 is 15.9 Å². The molecule has 3 saturated carbocycles. The number of carbonyl (C=O) groups excluding carboxylic acids is 1. The Morgan fingerprint density at radius 3 is 2.56 bits per heavy atom. The van der Waals surface area contributed by atoms with Crippen LogP contribution in [0.1, 0.15) is 72.1 Å². The van der Waals surface area contributed by atoms with Gasteiger partial charge in [-0.15, -0.1) is 0 Å². The Bertz CT molecular complexity index is 769. The van der Waals surface area contributed by atoms with Gasteiger partial charge in [0.1, 0.15) is 6.10 Å². The van der Waals surface area contributed by atoms with Crippen LogP contribution < -0.4 is 0 Å². The van der Waals surface area contributed by atoms with Crippen molar-refractivity contribution in [1.29, 1.82) is 0 Å². The second-order valence-electron chi connectivity index (χ2n) is 10.1. The van der Waals surface area contributed by atoms with E-state index in [1.807, 2.05) is 0 Å². The lowest BCUT2D eigenvalue weighted by atomic mass is 9.46. The van der Waals surface area contributed by atoms with Crippen molar-refractivity contribution in [2.45, 2.75) is 78.2 Å². The first-order valence-electron chi connectivity index (χ1n) is 10.7. The zero-order valence-electron chi connectivity index (χ0n) is 17.2. The van der Waals surface area contributed by atoms with Crippen molar-refractivity contribution < 1.29 is 17.4 Å². The Morgan fingerprint density at radius 1 is 1.15 bits per heavy atom. The summed E-state index contributed by atoms with van der Waals surface area (Å²) in [6, 6.07) is 0. The first kappa shape index (κ1) is 19.6. The van der Waals surface area contributed by atoms with Gasteiger partial charge < -0.3 is 0 Å². The monoisotopic (exact) mass is 394 g/mol. The number of hydrogen-bond acceptors (Lipinski definition) is 4. The zero-order valence-corrected chi connectivity index (χ0v) is 18.0. The molecule has 0 aromatic carbocycles. The molecule has 0 aromatic rings. The quantitative estimate of drug-likeness (QED) is 0.661. The predicted molar refractivity (Wildman–Crippen MR) is 106 cm³/mol. The van der Waals surface area contributed by atoms with Gasteiger partial charge in [-0.2, -0.15) is 8.42 Å². The summed E-state index contributed by atoms with van der Waals surface area (Å²) < 4.78 is 28.5. The minimum atomic E-state index is -3.64. The third-order valence-electron chi connectivity index (χ3n) is 8.96. The van der Waals surface area contributed by atoms with E-state index in [0.29, 0.717) is 23.7 Å². The lowest BCUT2D eigenvalue weighted by molar-refractivity contribution is -0.126. The van der Waals surface area contributed by atoms with Crippen molar-refractivity contribution in [1.82, 2.24) is 0 Å². The third-order valence-corrected chi connectivity index (χ3v) is 9.54. The van der Waals surface area contributed by atoms with Gasteiger partial charge in [0.25, 0.3) is 10.1 Å². The van der Waals surface area contributed by atoms with Gasteiger partial charge in [0.05, 0.1) is 6.26 Å². The molecular weight excluding hydrogens is 360 g/mol. The van der Waals surface area contributed by atoms with Crippen LogP contribution in [0, 0.1) is 34.5 Å². The van der Waals surface area contributed by atoms with E-state index >= 15 is 0 Å². The van der Waals surface area contributed by atoms with E-state index in [0.717, 1.165) is 24.5 Å². The highest BCUT2D eigenvalue weighted by Gasteiger charge is 2.59. The lowest BCUT2D eigenvalue weighted by Gasteiger charge is -2.58. The molecule has 0 aliphatic heterocycles. The highest BCUT2D eigenvalue weighted by molar-refractivity contribution is 7.86. The van der Waals surface area contributed by atoms with Crippen LogP contribution in [-0.4, -0.2) is 26.6 Å². The Hall–Kier alpha value is -0.680. The van der Waals surface area contributed by atoms with E-state index in [1.165, 1.54) is 44.1 Å². The molecule has 0 radical (unpaired) electrons. The lowest BCUT2D eigenvalue weighted by Crippen LogP contribution is -2.52. The molecule has 0 aromatic heterocycles. The van der Waals surface area contributed by atoms with Crippen molar-refractivity contribution in [3.8, 4) is 0 Å². The standard InChI is InChI=1S/C22H34O4S/c1-5-14-7-9-17-16-8-6-15-12-19(23)20(26-27(4,24)25)13-22(15,3)18(16)10-11-21(14,17)2/h12,14,16-18,20H,5-11,13H2,1-4H3/t14-,16+,17+,18+,20?,21-,22+/m1/s1. The molecule has 152 valence electrons. The number of fused-ring (bicyclic) bond motifs is 5. The van der Waals surface area contributed by atoms with Gasteiger partial charge in [-0.25, -0.2) is 0 Å². The summed E-state index contributed by atoms with van der Waals surface area (Å²) in [7, 11) is -3.64. The molecule has 3 fully saturated rings. The largest absolute Gasteiger partial charge is 0.292 e. The van der Waals surface area contributed by atoms with E-state index in [-0.39, 0.29) is 11.2 Å². The molecule has 4 nitrogen and oxygen atoms in total. The number of carbonyl (C=O) groups is 1. The number of rotatable bonds is 3. The van der Waals surface area contributed by atoms with Gasteiger partial charge in [-0.1, -0.05) is 32.8 Å². The normalized spacial score (nSPS) is 47.0. The van der Waals surface area contributed by atoms with E-state index in [4.69, 9.17) is 4.18 Å². The Kier molecular flexibility index (Phi) is 4.66. The molecule has 4 aliphatic rings. The van der Waals surface area contributed by atoms with Crippen molar-refractivity contribution in [3.05, 3.63) is 11.6 Å². The molecule has 0 saturated heterocycles. The molecule has 0 spiro atoms. The SMILES string of the molecule is CC[C@@H]1CC[C@H]2[C@@H]3CCC4=CC(=O)C(OS(C)(=O)=O)C[C@]4(C)[C@H]3CC[C@]12C. The molecule has 0 heterocycles. The van der Waals surface area contributed by atoms with Crippen LogP contribution in [0.3, 0.4) is 0 Å². The third kappa shape index (κ3) is 3.04. The highest BCUT2D eigenvalue weighted by Crippen LogP contribution is 2.67. The van der Waals surface area contributed by atoms with Gasteiger partial charge in [0.15, 0.2) is 5.78 Å². The van der Waals surface area contributed by atoms with Crippen molar-refractivity contribution in [2.75, 3.05) is 6.26 Å². The summed E-state index contributed by atoms with van der Waals surface area (Å²) >= 11 is 0. The van der Waals surface area contributed by atoms with E-state index in [1.54, 1.807) is 6.08 Å².